The van der Waals surface area contributed by atoms with Gasteiger partial charge in [0.15, 0.2) is 11.5 Å². The number of rotatable bonds is 5. The lowest BCUT2D eigenvalue weighted by Crippen LogP contribution is -2.62. The Hall–Kier alpha value is -2.22. The Bertz CT molecular complexity index is 496. The van der Waals surface area contributed by atoms with Crippen molar-refractivity contribution in [2.45, 2.75) is 12.5 Å². The first-order valence-corrected chi connectivity index (χ1v) is 5.64. The van der Waals surface area contributed by atoms with Crippen molar-refractivity contribution in [3.63, 3.8) is 0 Å². The zero-order valence-electron chi connectivity index (χ0n) is 10.4. The molecule has 1 saturated heterocycles. The first-order valence-electron chi connectivity index (χ1n) is 5.64. The molecule has 0 bridgehead atoms. The smallest absolute Gasteiger partial charge is 0.329 e. The van der Waals surface area contributed by atoms with Gasteiger partial charge in [-0.3, -0.25) is 4.79 Å². The quantitative estimate of drug-likeness (QED) is 0.720. The van der Waals surface area contributed by atoms with Crippen molar-refractivity contribution in [2.75, 3.05) is 24.6 Å². The van der Waals surface area contributed by atoms with E-state index in [2.05, 4.69) is 10.2 Å². The molecule has 8 heteroatoms. The maximum Gasteiger partial charge on any atom is 0.329 e. The molecule has 0 saturated carbocycles. The van der Waals surface area contributed by atoms with Gasteiger partial charge in [0.25, 0.3) is 5.91 Å². The van der Waals surface area contributed by atoms with Crippen molar-refractivity contribution < 1.29 is 19.4 Å². The third kappa shape index (κ3) is 2.97. The summed E-state index contributed by atoms with van der Waals surface area (Å²) in [6.07, 6.45) is 0. The molecule has 8 nitrogen and oxygen atoms in total. The largest absolute Gasteiger partial charge is 0.480 e. The number of anilines is 1. The minimum atomic E-state index is -0.995. The lowest BCUT2D eigenvalue weighted by atomic mass is 9.96. The molecular weight excluding hydrogens is 252 g/mol. The first kappa shape index (κ1) is 13.2. The zero-order chi connectivity index (χ0) is 14.0. The molecular formula is C11H14N4O4. The van der Waals surface area contributed by atoms with Gasteiger partial charge in [-0.05, 0) is 19.1 Å². The number of carboxylic acid groups (broad SMARTS) is 1. The van der Waals surface area contributed by atoms with Crippen LogP contribution in [0.3, 0.4) is 0 Å². The summed E-state index contributed by atoms with van der Waals surface area (Å²) in [6.45, 7) is 2.55. The number of nitrogens with two attached hydrogens (primary N) is 1. The van der Waals surface area contributed by atoms with Crippen LogP contribution in [-0.2, 0) is 9.53 Å². The van der Waals surface area contributed by atoms with Gasteiger partial charge in [0.2, 0.25) is 0 Å². The van der Waals surface area contributed by atoms with Gasteiger partial charge in [0, 0.05) is 0 Å². The average Bonchev–Trinajstić information content (AvgIpc) is 2.33. The monoisotopic (exact) mass is 266 g/mol. The number of nitrogens with zero attached hydrogens (tertiary/aromatic N) is 3. The molecule has 0 aliphatic carbocycles. The Morgan fingerprint density at radius 3 is 2.63 bits per heavy atom. The molecule has 1 amide bonds. The molecule has 3 N–H and O–H groups in total. The summed E-state index contributed by atoms with van der Waals surface area (Å²) in [4.78, 5) is 23.2. The number of aromatic nitrogens is 2. The van der Waals surface area contributed by atoms with E-state index in [1.807, 2.05) is 11.8 Å². The Morgan fingerprint density at radius 1 is 1.47 bits per heavy atom. The van der Waals surface area contributed by atoms with Gasteiger partial charge >= 0.3 is 5.97 Å². The molecule has 1 aliphatic rings. The summed E-state index contributed by atoms with van der Waals surface area (Å²) in [7, 11) is 0. The molecule has 1 aromatic rings. The second kappa shape index (κ2) is 4.81. The number of carbonyl (C=O) groups excluding carboxylic acids is 1. The predicted molar refractivity (Wildman–Crippen MR) is 64.8 cm³/mol. The third-order valence-corrected chi connectivity index (χ3v) is 2.82. The van der Waals surface area contributed by atoms with Crippen LogP contribution < -0.4 is 10.6 Å². The average molecular weight is 266 g/mol. The molecule has 0 spiro atoms. The van der Waals surface area contributed by atoms with Crippen LogP contribution in [-0.4, -0.2) is 52.5 Å². The van der Waals surface area contributed by atoms with E-state index >= 15 is 0 Å². The van der Waals surface area contributed by atoms with Crippen molar-refractivity contribution in [1.82, 2.24) is 10.2 Å². The van der Waals surface area contributed by atoms with Crippen LogP contribution in [0.1, 0.15) is 17.4 Å². The summed E-state index contributed by atoms with van der Waals surface area (Å²) in [5, 5.41) is 16.1. The number of carbonyl (C=O) groups is 2. The molecule has 1 aromatic heterocycles. The Morgan fingerprint density at radius 2 is 2.16 bits per heavy atom. The number of ether oxygens (including phenoxy) is 1. The maximum atomic E-state index is 10.8. The van der Waals surface area contributed by atoms with E-state index < -0.39 is 17.5 Å². The molecule has 0 atom stereocenters. The number of aliphatic carboxylic acids is 1. The summed E-state index contributed by atoms with van der Waals surface area (Å²) >= 11 is 0. The summed E-state index contributed by atoms with van der Waals surface area (Å²) in [6, 6.07) is 3.14. The standard InChI is InChI=1S/C11H14N4O4/c1-11(19-4-9(16)17)5-15(6-11)8-3-2-7(10(12)18)13-14-8/h2-3H,4-6H2,1H3,(H2,12,18)(H,16,17). The lowest BCUT2D eigenvalue weighted by Gasteiger charge is -2.47. The van der Waals surface area contributed by atoms with Crippen LogP contribution in [0.4, 0.5) is 5.82 Å². The lowest BCUT2D eigenvalue weighted by molar-refractivity contribution is -0.150. The van der Waals surface area contributed by atoms with Gasteiger partial charge in [0.05, 0.1) is 13.1 Å². The summed E-state index contributed by atoms with van der Waals surface area (Å²) < 4.78 is 5.28. The Balaban J connectivity index is 1.92. The Kier molecular flexibility index (Phi) is 3.34. The highest BCUT2D eigenvalue weighted by Crippen LogP contribution is 2.28. The second-order valence-electron chi connectivity index (χ2n) is 4.63. The zero-order valence-corrected chi connectivity index (χ0v) is 10.4. The van der Waals surface area contributed by atoms with Crippen molar-refractivity contribution in [3.8, 4) is 0 Å². The highest BCUT2D eigenvalue weighted by molar-refractivity contribution is 5.90. The maximum absolute atomic E-state index is 10.8. The van der Waals surface area contributed by atoms with Gasteiger partial charge in [0.1, 0.15) is 12.2 Å². The van der Waals surface area contributed by atoms with Crippen LogP contribution in [0.5, 0.6) is 0 Å². The minimum absolute atomic E-state index is 0.106. The van der Waals surface area contributed by atoms with Gasteiger partial charge in [-0.15, -0.1) is 10.2 Å². The molecule has 0 aromatic carbocycles. The van der Waals surface area contributed by atoms with E-state index in [4.69, 9.17) is 15.6 Å². The van der Waals surface area contributed by atoms with E-state index in [1.165, 1.54) is 6.07 Å². The van der Waals surface area contributed by atoms with Crippen LogP contribution in [0.15, 0.2) is 12.1 Å². The van der Waals surface area contributed by atoms with Crippen molar-refractivity contribution in [1.29, 1.82) is 0 Å². The number of amides is 1. The van der Waals surface area contributed by atoms with E-state index in [9.17, 15) is 9.59 Å². The summed E-state index contributed by atoms with van der Waals surface area (Å²) in [5.41, 5.74) is 4.67. The fourth-order valence-corrected chi connectivity index (χ4v) is 1.88. The minimum Gasteiger partial charge on any atom is -0.480 e. The highest BCUT2D eigenvalue weighted by atomic mass is 16.5. The van der Waals surface area contributed by atoms with Crippen LogP contribution in [0.25, 0.3) is 0 Å². The van der Waals surface area contributed by atoms with Gasteiger partial charge in [-0.1, -0.05) is 0 Å². The van der Waals surface area contributed by atoms with Crippen LogP contribution >= 0.6 is 0 Å². The van der Waals surface area contributed by atoms with E-state index in [1.54, 1.807) is 6.07 Å². The molecule has 2 rings (SSSR count). The molecule has 102 valence electrons. The summed E-state index contributed by atoms with van der Waals surface area (Å²) in [5.74, 6) is -1.02. The van der Waals surface area contributed by atoms with Crippen molar-refractivity contribution >= 4 is 17.7 Å². The Labute approximate surface area is 109 Å². The fraction of sp³-hybridized carbons (Fsp3) is 0.455. The number of carboxylic acids is 1. The molecule has 2 heterocycles. The van der Waals surface area contributed by atoms with E-state index in [0.717, 1.165) is 0 Å². The van der Waals surface area contributed by atoms with E-state index in [0.29, 0.717) is 18.9 Å². The van der Waals surface area contributed by atoms with Gasteiger partial charge in [-0.25, -0.2) is 4.79 Å². The second-order valence-corrected chi connectivity index (χ2v) is 4.63. The fourth-order valence-electron chi connectivity index (χ4n) is 1.88. The highest BCUT2D eigenvalue weighted by Gasteiger charge is 2.41. The number of primary amides is 1. The molecule has 1 aliphatic heterocycles. The van der Waals surface area contributed by atoms with Gasteiger partial charge < -0.3 is 20.5 Å². The number of hydrogen-bond donors (Lipinski definition) is 2. The molecule has 0 unspecified atom stereocenters. The SMILES string of the molecule is CC1(OCC(=O)O)CN(c2ccc(C(N)=O)nn2)C1. The normalized spacial score (nSPS) is 16.8. The van der Waals surface area contributed by atoms with E-state index in [-0.39, 0.29) is 12.3 Å². The van der Waals surface area contributed by atoms with Crippen LogP contribution in [0.2, 0.25) is 0 Å². The molecule has 0 radical (unpaired) electrons. The van der Waals surface area contributed by atoms with Crippen molar-refractivity contribution in [3.05, 3.63) is 17.8 Å². The third-order valence-electron chi connectivity index (χ3n) is 2.82. The predicted octanol–water partition coefficient (Wildman–Crippen LogP) is -0.745. The molecule has 1 fully saturated rings. The van der Waals surface area contributed by atoms with Crippen molar-refractivity contribution in [2.24, 2.45) is 5.73 Å². The number of hydrogen-bond acceptors (Lipinski definition) is 6. The van der Waals surface area contributed by atoms with Gasteiger partial charge in [-0.2, -0.15) is 0 Å². The van der Waals surface area contributed by atoms with Crippen LogP contribution in [0, 0.1) is 0 Å². The first-order chi connectivity index (χ1) is 8.89. The topological polar surface area (TPSA) is 119 Å². The molecule has 19 heavy (non-hydrogen) atoms.